The van der Waals surface area contributed by atoms with Crippen LogP contribution in [0.25, 0.3) is 0 Å². The molecule has 1 N–H and O–H groups in total. The van der Waals surface area contributed by atoms with Crippen molar-refractivity contribution in [1.82, 2.24) is 14.7 Å². The number of rotatable bonds is 6. The molecule has 6 heteroatoms. The third-order valence-corrected chi connectivity index (χ3v) is 4.31. The molecule has 1 fully saturated rings. The number of aliphatic hydroxyl groups is 1. The maximum Gasteiger partial charge on any atom is 0.119 e. The number of aromatic nitrogens is 2. The van der Waals surface area contributed by atoms with E-state index in [1.807, 2.05) is 6.92 Å². The molecular formula is C17H22ClN3O2. The summed E-state index contributed by atoms with van der Waals surface area (Å²) in [5.41, 5.74) is 2.25. The van der Waals surface area contributed by atoms with Gasteiger partial charge in [-0.1, -0.05) is 11.6 Å². The summed E-state index contributed by atoms with van der Waals surface area (Å²) in [6, 6.07) is 9.66. The molecule has 1 aromatic carbocycles. The van der Waals surface area contributed by atoms with E-state index in [1.165, 1.54) is 5.69 Å². The quantitative estimate of drug-likeness (QED) is 0.881. The van der Waals surface area contributed by atoms with E-state index in [0.29, 0.717) is 17.6 Å². The molecule has 124 valence electrons. The molecule has 23 heavy (non-hydrogen) atoms. The Labute approximate surface area is 141 Å². The lowest BCUT2D eigenvalue weighted by Crippen LogP contribution is -2.51. The van der Waals surface area contributed by atoms with Gasteiger partial charge in [-0.3, -0.25) is 9.58 Å². The molecular weight excluding hydrogens is 314 g/mol. The van der Waals surface area contributed by atoms with Crippen molar-refractivity contribution in [1.29, 1.82) is 0 Å². The topological polar surface area (TPSA) is 50.5 Å². The maximum atomic E-state index is 10.1. The Morgan fingerprint density at radius 2 is 2.00 bits per heavy atom. The lowest BCUT2D eigenvalue weighted by atomic mass is 10.1. The van der Waals surface area contributed by atoms with Crippen LogP contribution < -0.4 is 4.74 Å². The number of hydrogen-bond donors (Lipinski definition) is 1. The van der Waals surface area contributed by atoms with Crippen molar-refractivity contribution in [3.63, 3.8) is 0 Å². The molecule has 1 saturated heterocycles. The van der Waals surface area contributed by atoms with Crippen molar-refractivity contribution in [2.45, 2.75) is 26.0 Å². The highest BCUT2D eigenvalue weighted by molar-refractivity contribution is 6.30. The summed E-state index contributed by atoms with van der Waals surface area (Å²) in [6.07, 6.45) is -0.507. The van der Waals surface area contributed by atoms with Gasteiger partial charge in [-0.25, -0.2) is 0 Å². The molecule has 0 radical (unpaired) electrons. The first-order chi connectivity index (χ1) is 11.0. The van der Waals surface area contributed by atoms with Crippen molar-refractivity contribution in [2.75, 3.05) is 26.2 Å². The van der Waals surface area contributed by atoms with Crippen molar-refractivity contribution >= 4 is 11.6 Å². The lowest BCUT2D eigenvalue weighted by molar-refractivity contribution is 0.0199. The molecule has 0 saturated carbocycles. The van der Waals surface area contributed by atoms with E-state index in [2.05, 4.69) is 27.7 Å². The molecule has 1 aliphatic rings. The number of likely N-dealkylation sites (tertiary alicyclic amines) is 1. The first-order valence-electron chi connectivity index (χ1n) is 7.83. The van der Waals surface area contributed by atoms with E-state index in [1.54, 1.807) is 24.3 Å². The zero-order valence-electron chi connectivity index (χ0n) is 13.4. The predicted molar refractivity (Wildman–Crippen MR) is 90.1 cm³/mol. The summed E-state index contributed by atoms with van der Waals surface area (Å²) >= 11 is 5.83. The fraction of sp³-hybridized carbons (Fsp3) is 0.471. The normalized spacial score (nSPS) is 17.0. The average molecular weight is 336 g/mol. The van der Waals surface area contributed by atoms with Gasteiger partial charge in [0.05, 0.1) is 11.7 Å². The highest BCUT2D eigenvalue weighted by Gasteiger charge is 2.30. The molecule has 2 aromatic rings. The van der Waals surface area contributed by atoms with Crippen LogP contribution in [0.5, 0.6) is 5.75 Å². The Morgan fingerprint density at radius 3 is 2.61 bits per heavy atom. The Hall–Kier alpha value is -1.56. The van der Waals surface area contributed by atoms with Gasteiger partial charge in [0.25, 0.3) is 0 Å². The Kier molecular flexibility index (Phi) is 4.90. The van der Waals surface area contributed by atoms with Crippen LogP contribution in [0.15, 0.2) is 30.3 Å². The number of ether oxygens (including phenoxy) is 1. The number of halogens is 1. The van der Waals surface area contributed by atoms with E-state index in [9.17, 15) is 5.11 Å². The van der Waals surface area contributed by atoms with Gasteiger partial charge in [0.1, 0.15) is 18.5 Å². The lowest BCUT2D eigenvalue weighted by Gasteiger charge is -2.40. The highest BCUT2D eigenvalue weighted by atomic mass is 35.5. The molecule has 0 aliphatic carbocycles. The largest absolute Gasteiger partial charge is 0.491 e. The summed E-state index contributed by atoms with van der Waals surface area (Å²) in [4.78, 5) is 2.22. The van der Waals surface area contributed by atoms with Crippen LogP contribution in [-0.4, -0.2) is 52.1 Å². The number of aliphatic hydroxyl groups excluding tert-OH is 1. The Balaban J connectivity index is 1.41. The van der Waals surface area contributed by atoms with E-state index in [4.69, 9.17) is 16.3 Å². The van der Waals surface area contributed by atoms with E-state index < -0.39 is 6.10 Å². The first-order valence-corrected chi connectivity index (χ1v) is 8.20. The van der Waals surface area contributed by atoms with Gasteiger partial charge in [-0.15, -0.1) is 0 Å². The molecule has 1 aliphatic heterocycles. The highest BCUT2D eigenvalue weighted by Crippen LogP contribution is 2.23. The second kappa shape index (κ2) is 6.91. The Morgan fingerprint density at radius 1 is 1.30 bits per heavy atom. The molecule has 1 unspecified atom stereocenters. The minimum Gasteiger partial charge on any atom is -0.491 e. The van der Waals surface area contributed by atoms with Crippen molar-refractivity contribution in [2.24, 2.45) is 0 Å². The van der Waals surface area contributed by atoms with E-state index in [0.717, 1.165) is 24.5 Å². The molecule has 1 atom stereocenters. The van der Waals surface area contributed by atoms with Gasteiger partial charge in [-0.05, 0) is 44.2 Å². The minimum absolute atomic E-state index is 0.280. The summed E-state index contributed by atoms with van der Waals surface area (Å²) in [5.74, 6) is 0.720. The second-order valence-corrected chi connectivity index (χ2v) is 6.60. The third-order valence-electron chi connectivity index (χ3n) is 4.05. The fourth-order valence-corrected chi connectivity index (χ4v) is 3.06. The van der Waals surface area contributed by atoms with E-state index in [-0.39, 0.29) is 6.61 Å². The minimum atomic E-state index is -0.507. The van der Waals surface area contributed by atoms with Crippen molar-refractivity contribution in [3.05, 3.63) is 46.7 Å². The van der Waals surface area contributed by atoms with Gasteiger partial charge in [0, 0.05) is 30.4 Å². The van der Waals surface area contributed by atoms with Gasteiger partial charge in [0.2, 0.25) is 0 Å². The zero-order valence-corrected chi connectivity index (χ0v) is 14.2. The Bertz CT molecular complexity index is 650. The monoisotopic (exact) mass is 335 g/mol. The van der Waals surface area contributed by atoms with Gasteiger partial charge < -0.3 is 9.84 Å². The number of aryl methyl sites for hydroxylation is 2. The maximum absolute atomic E-state index is 10.1. The number of nitrogens with zero attached hydrogens (tertiary/aromatic N) is 3. The van der Waals surface area contributed by atoms with Crippen LogP contribution in [0.3, 0.4) is 0 Å². The smallest absolute Gasteiger partial charge is 0.119 e. The van der Waals surface area contributed by atoms with E-state index >= 15 is 0 Å². The first kappa shape index (κ1) is 16.3. The fourth-order valence-electron chi connectivity index (χ4n) is 2.94. The molecule has 2 heterocycles. The van der Waals surface area contributed by atoms with Gasteiger partial charge >= 0.3 is 0 Å². The molecule has 5 nitrogen and oxygen atoms in total. The van der Waals surface area contributed by atoms with Gasteiger partial charge in [-0.2, -0.15) is 5.10 Å². The number of hydrogen-bond acceptors (Lipinski definition) is 4. The molecule has 0 spiro atoms. The van der Waals surface area contributed by atoms with Crippen LogP contribution in [0.1, 0.15) is 17.4 Å². The number of β-amino-alcohol motifs (C(OH)–C–C–N with tert-alkyl or cyclic N) is 1. The third kappa shape index (κ3) is 4.05. The van der Waals surface area contributed by atoms with Gasteiger partial charge in [0.15, 0.2) is 0 Å². The SMILES string of the molecule is Cc1cc(C)n(C2CN(CC(O)COc3ccc(Cl)cc3)C2)n1. The second-order valence-electron chi connectivity index (χ2n) is 6.16. The molecule has 0 bridgehead atoms. The predicted octanol–water partition coefficient (Wildman–Crippen LogP) is 2.45. The standard InChI is InChI=1S/C17H22ClN3O2/c1-12-7-13(2)21(19-12)15-8-20(9-15)10-16(22)11-23-17-5-3-14(18)4-6-17/h3-7,15-16,22H,8-11H2,1-2H3. The summed E-state index contributed by atoms with van der Waals surface area (Å²) in [6.45, 7) is 6.82. The van der Waals surface area contributed by atoms with Crippen molar-refractivity contribution < 1.29 is 9.84 Å². The van der Waals surface area contributed by atoms with Crippen LogP contribution >= 0.6 is 11.6 Å². The molecule has 0 amide bonds. The average Bonchev–Trinajstić information content (AvgIpc) is 2.80. The zero-order chi connectivity index (χ0) is 16.4. The summed E-state index contributed by atoms with van der Waals surface area (Å²) < 4.78 is 7.66. The van der Waals surface area contributed by atoms with Crippen molar-refractivity contribution in [3.8, 4) is 5.75 Å². The molecule has 1 aromatic heterocycles. The molecule has 3 rings (SSSR count). The van der Waals surface area contributed by atoms with Crippen LogP contribution in [0.2, 0.25) is 5.02 Å². The summed E-state index contributed by atoms with van der Waals surface area (Å²) in [5, 5.41) is 15.3. The summed E-state index contributed by atoms with van der Waals surface area (Å²) in [7, 11) is 0. The van der Waals surface area contributed by atoms with Crippen LogP contribution in [0.4, 0.5) is 0 Å². The number of benzene rings is 1. The van der Waals surface area contributed by atoms with Crippen LogP contribution in [0, 0.1) is 13.8 Å². The van der Waals surface area contributed by atoms with Crippen LogP contribution in [-0.2, 0) is 0 Å².